The Morgan fingerprint density at radius 2 is 1.83 bits per heavy atom. The van der Waals surface area contributed by atoms with E-state index in [0.29, 0.717) is 11.4 Å². The Labute approximate surface area is 137 Å². The van der Waals surface area contributed by atoms with Crippen molar-refractivity contribution >= 4 is 11.6 Å². The molecule has 0 aromatic heterocycles. The minimum Gasteiger partial charge on any atom is -0.495 e. The lowest BCUT2D eigenvalue weighted by atomic mass is 10.2. The number of anilines is 1. The van der Waals surface area contributed by atoms with E-state index in [0.717, 1.165) is 11.6 Å². The summed E-state index contributed by atoms with van der Waals surface area (Å²) in [4.78, 5) is 12.0. The number of carbonyl (C=O) groups is 1. The van der Waals surface area contributed by atoms with Gasteiger partial charge in [-0.3, -0.25) is 4.79 Å². The van der Waals surface area contributed by atoms with Gasteiger partial charge in [-0.15, -0.1) is 0 Å². The third-order valence-corrected chi connectivity index (χ3v) is 3.18. The normalized spacial score (nSPS) is 11.0. The first kappa shape index (κ1) is 17.7. The van der Waals surface area contributed by atoms with Crippen molar-refractivity contribution in [2.45, 2.75) is 13.1 Å². The molecule has 4 nitrogen and oxygen atoms in total. The molecule has 0 spiro atoms. The Morgan fingerprint density at radius 1 is 1.12 bits per heavy atom. The number of nitrogens with one attached hydrogen (secondary N) is 1. The summed E-state index contributed by atoms with van der Waals surface area (Å²) >= 11 is 0. The number of hydrogen-bond acceptors (Lipinski definition) is 3. The monoisotopic (exact) mass is 339 g/mol. The van der Waals surface area contributed by atoms with Gasteiger partial charge in [-0.25, -0.2) is 0 Å². The molecule has 2 aromatic carbocycles. The molecule has 0 saturated carbocycles. The smallest absolute Gasteiger partial charge is 0.419 e. The van der Waals surface area contributed by atoms with Crippen molar-refractivity contribution in [1.82, 2.24) is 0 Å². The van der Waals surface area contributed by atoms with Gasteiger partial charge in [-0.05, 0) is 36.8 Å². The molecule has 0 aliphatic carbocycles. The summed E-state index contributed by atoms with van der Waals surface area (Å²) in [6, 6.07) is 9.93. The number of benzene rings is 2. The Bertz CT molecular complexity index is 729. The summed E-state index contributed by atoms with van der Waals surface area (Å²) in [6.07, 6.45) is -4.55. The van der Waals surface area contributed by atoms with Gasteiger partial charge in [-0.1, -0.05) is 18.2 Å². The highest BCUT2D eigenvalue weighted by atomic mass is 19.4. The first-order valence-corrected chi connectivity index (χ1v) is 7.05. The average Bonchev–Trinajstić information content (AvgIpc) is 2.52. The summed E-state index contributed by atoms with van der Waals surface area (Å²) in [7, 11) is 1.45. The van der Waals surface area contributed by atoms with Crippen molar-refractivity contribution in [2.24, 2.45) is 0 Å². The van der Waals surface area contributed by atoms with Gasteiger partial charge in [-0.2, -0.15) is 13.2 Å². The molecule has 2 rings (SSSR count). The van der Waals surface area contributed by atoms with Gasteiger partial charge in [0.1, 0.15) is 11.5 Å². The van der Waals surface area contributed by atoms with Crippen LogP contribution in [0.4, 0.5) is 18.9 Å². The fraction of sp³-hybridized carbons (Fsp3) is 0.235. The van der Waals surface area contributed by atoms with Gasteiger partial charge in [0.15, 0.2) is 6.61 Å². The summed E-state index contributed by atoms with van der Waals surface area (Å²) < 4.78 is 48.7. The molecule has 1 amide bonds. The molecule has 24 heavy (non-hydrogen) atoms. The first-order valence-electron chi connectivity index (χ1n) is 7.05. The highest BCUT2D eigenvalue weighted by Gasteiger charge is 2.34. The van der Waals surface area contributed by atoms with E-state index < -0.39 is 30.0 Å². The van der Waals surface area contributed by atoms with E-state index in [4.69, 9.17) is 9.47 Å². The fourth-order valence-electron chi connectivity index (χ4n) is 2.08. The third-order valence-electron chi connectivity index (χ3n) is 3.18. The number of halogens is 3. The molecule has 0 saturated heterocycles. The van der Waals surface area contributed by atoms with Crippen LogP contribution in [-0.2, 0) is 11.0 Å². The number of carbonyl (C=O) groups excluding carboxylic acids is 1. The molecule has 0 atom stereocenters. The molecule has 2 aromatic rings. The van der Waals surface area contributed by atoms with E-state index in [2.05, 4.69) is 5.32 Å². The minimum absolute atomic E-state index is 0.392. The lowest BCUT2D eigenvalue weighted by Gasteiger charge is -2.14. The van der Waals surface area contributed by atoms with Crippen molar-refractivity contribution in [2.75, 3.05) is 19.0 Å². The molecule has 1 N–H and O–H groups in total. The van der Waals surface area contributed by atoms with Crippen LogP contribution in [0.2, 0.25) is 0 Å². The largest absolute Gasteiger partial charge is 0.495 e. The second kappa shape index (κ2) is 7.25. The van der Waals surface area contributed by atoms with Crippen LogP contribution in [0.1, 0.15) is 11.1 Å². The number of para-hydroxylation sites is 1. The van der Waals surface area contributed by atoms with Gasteiger partial charge < -0.3 is 14.8 Å². The van der Waals surface area contributed by atoms with Crippen LogP contribution in [0.15, 0.2) is 42.5 Å². The Kier molecular flexibility index (Phi) is 5.33. The number of alkyl halides is 3. The summed E-state index contributed by atoms with van der Waals surface area (Å²) in [6.45, 7) is 1.29. The predicted molar refractivity (Wildman–Crippen MR) is 83.3 cm³/mol. The fourth-order valence-corrected chi connectivity index (χ4v) is 2.08. The van der Waals surface area contributed by atoms with Gasteiger partial charge in [0.05, 0.1) is 18.4 Å². The van der Waals surface area contributed by atoms with Gasteiger partial charge in [0.25, 0.3) is 5.91 Å². The maximum Gasteiger partial charge on any atom is 0.419 e. The molecule has 7 heteroatoms. The highest BCUT2D eigenvalue weighted by Crippen LogP contribution is 2.35. The second-order valence-electron chi connectivity index (χ2n) is 5.03. The Balaban J connectivity index is 2.06. The molecule has 0 aliphatic heterocycles. The number of aryl methyl sites for hydroxylation is 1. The third kappa shape index (κ3) is 4.41. The molecule has 0 unspecified atom stereocenters. The highest BCUT2D eigenvalue weighted by molar-refractivity contribution is 5.93. The zero-order valence-corrected chi connectivity index (χ0v) is 13.1. The molecular weight excluding hydrogens is 323 g/mol. The Hall–Kier alpha value is -2.70. The van der Waals surface area contributed by atoms with Crippen LogP contribution in [0.3, 0.4) is 0 Å². The second-order valence-corrected chi connectivity index (χ2v) is 5.03. The quantitative estimate of drug-likeness (QED) is 0.894. The van der Waals surface area contributed by atoms with E-state index in [1.165, 1.54) is 25.3 Å². The number of methoxy groups -OCH3 is 1. The number of ether oxygens (including phenoxy) is 2. The van der Waals surface area contributed by atoms with E-state index in [1.807, 2.05) is 13.0 Å². The summed E-state index contributed by atoms with van der Waals surface area (Å²) in [5.74, 6) is -0.531. The zero-order valence-electron chi connectivity index (χ0n) is 13.1. The van der Waals surface area contributed by atoms with Crippen molar-refractivity contribution in [1.29, 1.82) is 0 Å². The Morgan fingerprint density at radius 3 is 2.50 bits per heavy atom. The molecule has 128 valence electrons. The van der Waals surface area contributed by atoms with Crippen LogP contribution < -0.4 is 14.8 Å². The molecule has 0 aliphatic rings. The standard InChI is InChI=1S/C17H16F3NO3/c1-11-7-8-15(23-2)13(9-11)21-16(22)10-24-14-6-4-3-5-12(14)17(18,19)20/h3-9H,10H2,1-2H3,(H,21,22). The van der Waals surface area contributed by atoms with E-state index in [1.54, 1.807) is 12.1 Å². The van der Waals surface area contributed by atoms with Crippen molar-refractivity contribution in [3.63, 3.8) is 0 Å². The molecule has 0 fully saturated rings. The topological polar surface area (TPSA) is 47.6 Å². The maximum atomic E-state index is 12.9. The summed E-state index contributed by atoms with van der Waals surface area (Å²) in [5, 5.41) is 2.56. The predicted octanol–water partition coefficient (Wildman–Crippen LogP) is 4.04. The lowest BCUT2D eigenvalue weighted by Crippen LogP contribution is -2.21. The van der Waals surface area contributed by atoms with Crippen LogP contribution in [-0.4, -0.2) is 19.6 Å². The van der Waals surface area contributed by atoms with E-state index >= 15 is 0 Å². The van der Waals surface area contributed by atoms with Gasteiger partial charge in [0.2, 0.25) is 0 Å². The van der Waals surface area contributed by atoms with Gasteiger partial charge in [0, 0.05) is 0 Å². The van der Waals surface area contributed by atoms with Crippen LogP contribution >= 0.6 is 0 Å². The summed E-state index contributed by atoms with van der Waals surface area (Å²) in [5.41, 5.74) is 0.399. The lowest BCUT2D eigenvalue weighted by molar-refractivity contribution is -0.139. The number of rotatable bonds is 5. The van der Waals surface area contributed by atoms with Crippen LogP contribution in [0.25, 0.3) is 0 Å². The van der Waals surface area contributed by atoms with Crippen LogP contribution in [0.5, 0.6) is 11.5 Å². The van der Waals surface area contributed by atoms with Crippen molar-refractivity contribution < 1.29 is 27.4 Å². The molecule has 0 heterocycles. The minimum atomic E-state index is -4.55. The molecule has 0 bridgehead atoms. The van der Waals surface area contributed by atoms with Crippen LogP contribution in [0, 0.1) is 6.92 Å². The average molecular weight is 339 g/mol. The molecular formula is C17H16F3NO3. The zero-order chi connectivity index (χ0) is 17.7. The maximum absolute atomic E-state index is 12.9. The van der Waals surface area contributed by atoms with Crippen molar-refractivity contribution in [3.05, 3.63) is 53.6 Å². The van der Waals surface area contributed by atoms with E-state index in [-0.39, 0.29) is 0 Å². The van der Waals surface area contributed by atoms with Crippen molar-refractivity contribution in [3.8, 4) is 11.5 Å². The van der Waals surface area contributed by atoms with E-state index in [9.17, 15) is 18.0 Å². The van der Waals surface area contributed by atoms with Gasteiger partial charge >= 0.3 is 6.18 Å². The number of hydrogen-bond donors (Lipinski definition) is 1. The first-order chi connectivity index (χ1) is 11.3. The molecule has 0 radical (unpaired) electrons. The SMILES string of the molecule is COc1ccc(C)cc1NC(=O)COc1ccccc1C(F)(F)F. The number of amides is 1.